The summed E-state index contributed by atoms with van der Waals surface area (Å²) in [4.78, 5) is 21.2. The van der Waals surface area contributed by atoms with E-state index >= 15 is 0 Å². The van der Waals surface area contributed by atoms with Crippen LogP contribution >= 0.6 is 0 Å². The van der Waals surface area contributed by atoms with E-state index in [4.69, 9.17) is 4.74 Å². The van der Waals surface area contributed by atoms with Gasteiger partial charge in [0.05, 0.1) is 11.7 Å². The van der Waals surface area contributed by atoms with Gasteiger partial charge in [-0.1, -0.05) is 0 Å². The zero-order chi connectivity index (χ0) is 27.1. The van der Waals surface area contributed by atoms with Gasteiger partial charge in [0.15, 0.2) is 11.6 Å². The van der Waals surface area contributed by atoms with Gasteiger partial charge >= 0.3 is 0 Å². The van der Waals surface area contributed by atoms with Crippen LogP contribution in [0.5, 0.6) is 0 Å². The number of carbonyl (C=O) groups excluding carboxylic acids is 1. The molecule has 208 valence electrons. The number of pyridine rings is 1. The Kier molecular flexibility index (Phi) is 6.86. The van der Waals surface area contributed by atoms with E-state index in [2.05, 4.69) is 25.9 Å². The van der Waals surface area contributed by atoms with Gasteiger partial charge in [0.1, 0.15) is 22.8 Å². The van der Waals surface area contributed by atoms with E-state index in [1.807, 2.05) is 10.6 Å². The van der Waals surface area contributed by atoms with Crippen molar-refractivity contribution in [1.29, 1.82) is 0 Å². The number of ether oxygens (including phenoxy) is 1. The number of aromatic nitrogens is 3. The number of anilines is 3. The first-order chi connectivity index (χ1) is 18.8. The normalized spacial score (nSPS) is 23.0. The van der Waals surface area contributed by atoms with Crippen molar-refractivity contribution in [2.75, 3.05) is 30.9 Å². The first kappa shape index (κ1) is 25.9. The molecule has 3 heterocycles. The number of rotatable bonds is 6. The van der Waals surface area contributed by atoms with Crippen LogP contribution in [0.4, 0.5) is 30.6 Å². The summed E-state index contributed by atoms with van der Waals surface area (Å²) < 4.78 is 50.2. The molecule has 11 heteroatoms. The molecule has 0 atom stereocenters. The molecule has 2 aliphatic carbocycles. The average molecular weight is 543 g/mol. The van der Waals surface area contributed by atoms with E-state index in [0.717, 1.165) is 70.1 Å². The summed E-state index contributed by atoms with van der Waals surface area (Å²) in [6, 6.07) is 3.52. The van der Waals surface area contributed by atoms with E-state index in [9.17, 15) is 18.0 Å². The Hall–Kier alpha value is -3.34. The molecule has 39 heavy (non-hydrogen) atoms. The summed E-state index contributed by atoms with van der Waals surface area (Å²) in [6.45, 7) is 1.49. The number of hydrogen-bond acceptors (Lipinski definition) is 6. The molecule has 1 spiro atoms. The minimum Gasteiger partial charge on any atom is -0.381 e. The molecule has 3 aliphatic rings. The topological polar surface area (TPSA) is 93.1 Å². The highest BCUT2D eigenvalue weighted by molar-refractivity contribution is 5.82. The van der Waals surface area contributed by atoms with Gasteiger partial charge in [0.25, 0.3) is 0 Å². The minimum absolute atomic E-state index is 0.0435. The lowest BCUT2D eigenvalue weighted by Gasteiger charge is -2.50. The first-order valence-corrected chi connectivity index (χ1v) is 13.7. The SMILES string of the molecule is CNC(=O)C1CCC(Nc2cc3c(cn2)nc(Nc2c(F)cc(F)cc2F)n3C2CC3(CCOCC3)C2)CC1. The lowest BCUT2D eigenvalue weighted by Crippen LogP contribution is -2.42. The van der Waals surface area contributed by atoms with Crippen LogP contribution in [0.3, 0.4) is 0 Å². The fourth-order valence-electron chi connectivity index (χ4n) is 6.56. The molecule has 8 nitrogen and oxygen atoms in total. The van der Waals surface area contributed by atoms with Crippen molar-refractivity contribution in [3.8, 4) is 0 Å². The zero-order valence-electron chi connectivity index (χ0n) is 21.9. The summed E-state index contributed by atoms with van der Waals surface area (Å²) in [5.41, 5.74) is 1.18. The number of carbonyl (C=O) groups is 1. The number of hydrogen-bond donors (Lipinski definition) is 3. The molecular formula is C28H33F3N6O2. The van der Waals surface area contributed by atoms with Gasteiger partial charge in [0.2, 0.25) is 11.9 Å². The van der Waals surface area contributed by atoms with Crippen molar-refractivity contribution in [2.24, 2.45) is 11.3 Å². The number of imidazole rings is 1. The number of nitrogens with one attached hydrogen (secondary N) is 3. The maximum absolute atomic E-state index is 14.6. The van der Waals surface area contributed by atoms with Crippen molar-refractivity contribution in [3.05, 3.63) is 41.8 Å². The van der Waals surface area contributed by atoms with Crippen molar-refractivity contribution in [2.45, 2.75) is 63.5 Å². The number of benzene rings is 1. The summed E-state index contributed by atoms with van der Waals surface area (Å²) in [5, 5.41) is 9.06. The highest BCUT2D eigenvalue weighted by Gasteiger charge is 2.46. The molecule has 3 aromatic rings. The smallest absolute Gasteiger partial charge is 0.222 e. The monoisotopic (exact) mass is 542 g/mol. The summed E-state index contributed by atoms with van der Waals surface area (Å²) in [6.07, 6.45) is 8.83. The second-order valence-electron chi connectivity index (χ2n) is 11.2. The van der Waals surface area contributed by atoms with Crippen LogP contribution in [0, 0.1) is 28.8 Å². The van der Waals surface area contributed by atoms with Crippen LogP contribution in [0.1, 0.15) is 57.4 Å². The number of nitrogens with zero attached hydrogens (tertiary/aromatic N) is 3. The minimum atomic E-state index is -1.02. The molecule has 6 rings (SSSR count). The Bertz CT molecular complexity index is 1350. The molecule has 2 aromatic heterocycles. The molecule has 1 saturated heterocycles. The summed E-state index contributed by atoms with van der Waals surface area (Å²) in [5.74, 6) is -1.89. The molecule has 3 N–H and O–H groups in total. The van der Waals surface area contributed by atoms with Crippen molar-refractivity contribution < 1.29 is 22.7 Å². The number of halogens is 3. The lowest BCUT2D eigenvalue weighted by atomic mass is 9.61. The third-order valence-corrected chi connectivity index (χ3v) is 8.77. The van der Waals surface area contributed by atoms with Gasteiger partial charge in [0, 0.05) is 56.5 Å². The molecule has 0 radical (unpaired) electrons. The zero-order valence-corrected chi connectivity index (χ0v) is 21.9. The Morgan fingerprint density at radius 2 is 1.74 bits per heavy atom. The van der Waals surface area contributed by atoms with Crippen molar-refractivity contribution >= 4 is 34.4 Å². The predicted molar refractivity (Wildman–Crippen MR) is 141 cm³/mol. The van der Waals surface area contributed by atoms with Gasteiger partial charge in [-0.2, -0.15) is 0 Å². The number of fused-ring (bicyclic) bond motifs is 1. The van der Waals surface area contributed by atoms with Crippen LogP contribution in [-0.4, -0.2) is 46.7 Å². The van der Waals surface area contributed by atoms with E-state index in [1.165, 1.54) is 0 Å². The fraction of sp³-hybridized carbons (Fsp3) is 0.536. The Balaban J connectivity index is 1.29. The molecular weight excluding hydrogens is 509 g/mol. The Labute approximate surface area is 224 Å². The van der Waals surface area contributed by atoms with E-state index in [-0.39, 0.29) is 29.3 Å². The molecule has 0 bridgehead atoms. The molecule has 3 fully saturated rings. The number of amides is 1. The first-order valence-electron chi connectivity index (χ1n) is 13.7. The quantitative estimate of drug-likeness (QED) is 0.384. The van der Waals surface area contributed by atoms with Crippen molar-refractivity contribution in [1.82, 2.24) is 19.9 Å². The van der Waals surface area contributed by atoms with Gasteiger partial charge in [-0.3, -0.25) is 4.79 Å². The predicted octanol–water partition coefficient (Wildman–Crippen LogP) is 5.44. The second kappa shape index (κ2) is 10.3. The lowest BCUT2D eigenvalue weighted by molar-refractivity contribution is -0.125. The molecule has 1 amide bonds. The van der Waals surface area contributed by atoms with Gasteiger partial charge in [-0.25, -0.2) is 23.1 Å². The van der Waals surface area contributed by atoms with Gasteiger partial charge in [-0.15, -0.1) is 0 Å². The van der Waals surface area contributed by atoms with Crippen molar-refractivity contribution in [3.63, 3.8) is 0 Å². The maximum atomic E-state index is 14.6. The van der Waals surface area contributed by atoms with Crippen LogP contribution in [-0.2, 0) is 9.53 Å². The van der Waals surface area contributed by atoms with E-state index < -0.39 is 23.1 Å². The Morgan fingerprint density at radius 3 is 2.41 bits per heavy atom. The summed E-state index contributed by atoms with van der Waals surface area (Å²) >= 11 is 0. The molecule has 1 aliphatic heterocycles. The van der Waals surface area contributed by atoms with Gasteiger partial charge < -0.3 is 25.3 Å². The second-order valence-corrected chi connectivity index (χ2v) is 11.2. The highest BCUT2D eigenvalue weighted by Crippen LogP contribution is 2.56. The fourth-order valence-corrected chi connectivity index (χ4v) is 6.56. The third-order valence-electron chi connectivity index (χ3n) is 8.77. The molecule has 1 aromatic carbocycles. The standard InChI is InChI=1S/C28H33F3N6O2/c1-32-26(38)16-2-4-18(5-3-16)34-24-12-23-22(15-33-24)35-27(36-25-20(30)10-17(29)11-21(25)31)37(23)19-13-28(14-19)6-8-39-9-7-28/h10-12,15-16,18-19H,2-9,13-14H2,1H3,(H,32,38)(H,33,34)(H,35,36). The van der Waals surface area contributed by atoms with Crippen LogP contribution < -0.4 is 16.0 Å². The highest BCUT2D eigenvalue weighted by atomic mass is 19.1. The molecule has 2 saturated carbocycles. The maximum Gasteiger partial charge on any atom is 0.222 e. The van der Waals surface area contributed by atoms with Crippen LogP contribution in [0.25, 0.3) is 11.0 Å². The average Bonchev–Trinajstić information content (AvgIpc) is 3.26. The van der Waals surface area contributed by atoms with E-state index in [0.29, 0.717) is 29.4 Å². The third kappa shape index (κ3) is 5.04. The van der Waals surface area contributed by atoms with Gasteiger partial charge in [-0.05, 0) is 56.8 Å². The van der Waals surface area contributed by atoms with Crippen LogP contribution in [0.15, 0.2) is 24.4 Å². The largest absolute Gasteiger partial charge is 0.381 e. The summed E-state index contributed by atoms with van der Waals surface area (Å²) in [7, 11) is 1.67. The Morgan fingerprint density at radius 1 is 1.05 bits per heavy atom. The molecule has 0 unspecified atom stereocenters. The van der Waals surface area contributed by atoms with E-state index in [1.54, 1.807) is 13.2 Å². The van der Waals surface area contributed by atoms with Crippen LogP contribution in [0.2, 0.25) is 0 Å².